The van der Waals surface area contributed by atoms with Crippen LogP contribution in [-0.2, 0) is 4.79 Å². The lowest BCUT2D eigenvalue weighted by atomic mass is 10.2. The summed E-state index contributed by atoms with van der Waals surface area (Å²) >= 11 is 1.52. The zero-order valence-electron chi connectivity index (χ0n) is 7.32. The summed E-state index contributed by atoms with van der Waals surface area (Å²) in [5, 5.41) is 8.89. The van der Waals surface area contributed by atoms with Crippen molar-refractivity contribution in [3.8, 4) is 0 Å². The molecule has 4 heteroatoms. The van der Waals surface area contributed by atoms with Crippen molar-refractivity contribution in [1.29, 1.82) is 0 Å². The minimum atomic E-state index is 0.151. The van der Waals surface area contributed by atoms with Crippen molar-refractivity contribution in [1.82, 2.24) is 4.90 Å². The molecule has 0 spiro atoms. The fourth-order valence-corrected chi connectivity index (χ4v) is 1.64. The molecule has 1 unspecified atom stereocenters. The van der Waals surface area contributed by atoms with Crippen LogP contribution in [0.5, 0.6) is 0 Å². The monoisotopic (exact) mass is 189 g/mol. The van der Waals surface area contributed by atoms with E-state index >= 15 is 0 Å². The van der Waals surface area contributed by atoms with E-state index in [9.17, 15) is 4.79 Å². The van der Waals surface area contributed by atoms with Crippen LogP contribution >= 0.6 is 11.8 Å². The Bertz CT molecular complexity index is 159. The second kappa shape index (κ2) is 4.72. The number of aliphatic hydroxyl groups is 1. The largest absolute Gasteiger partial charge is 0.395 e. The third-order valence-electron chi connectivity index (χ3n) is 1.96. The topological polar surface area (TPSA) is 40.5 Å². The van der Waals surface area contributed by atoms with Crippen LogP contribution in [-0.4, -0.2) is 46.6 Å². The number of rotatable bonds is 4. The highest BCUT2D eigenvalue weighted by atomic mass is 32.2. The summed E-state index contributed by atoms with van der Waals surface area (Å²) in [5.41, 5.74) is 0. The van der Waals surface area contributed by atoms with Gasteiger partial charge in [0, 0.05) is 18.3 Å². The molecule has 1 rings (SSSR count). The first-order chi connectivity index (χ1) is 5.74. The number of hydrogen-bond acceptors (Lipinski definition) is 3. The van der Waals surface area contributed by atoms with Crippen molar-refractivity contribution in [2.75, 3.05) is 25.4 Å². The van der Waals surface area contributed by atoms with Crippen molar-refractivity contribution >= 4 is 17.7 Å². The van der Waals surface area contributed by atoms with Gasteiger partial charge in [0.05, 0.1) is 12.4 Å². The maximum atomic E-state index is 11.3. The van der Waals surface area contributed by atoms with E-state index in [1.165, 1.54) is 11.8 Å². The van der Waals surface area contributed by atoms with Crippen molar-refractivity contribution in [2.45, 2.75) is 18.6 Å². The van der Waals surface area contributed by atoms with Crippen LogP contribution < -0.4 is 0 Å². The van der Waals surface area contributed by atoms with Gasteiger partial charge in [-0.1, -0.05) is 6.92 Å². The Morgan fingerprint density at radius 3 is 2.75 bits per heavy atom. The Labute approximate surface area is 77.1 Å². The number of hydrogen-bond donors (Lipinski definition) is 1. The van der Waals surface area contributed by atoms with Gasteiger partial charge < -0.3 is 10.0 Å². The van der Waals surface area contributed by atoms with Gasteiger partial charge in [-0.15, -0.1) is 11.8 Å². The van der Waals surface area contributed by atoms with Crippen LogP contribution in [0.4, 0.5) is 0 Å². The fraction of sp³-hybridized carbons (Fsp3) is 0.875. The van der Waals surface area contributed by atoms with Crippen LogP contribution in [0.15, 0.2) is 0 Å². The molecule has 70 valence electrons. The molecule has 0 aromatic heterocycles. The molecule has 0 bridgehead atoms. The number of aliphatic hydroxyl groups excluding tert-OH is 1. The Morgan fingerprint density at radius 2 is 2.33 bits per heavy atom. The lowest BCUT2D eigenvalue weighted by Gasteiger charge is -2.31. The number of likely N-dealkylation sites (tertiary alicyclic amines) is 1. The van der Waals surface area contributed by atoms with Gasteiger partial charge in [0.15, 0.2) is 0 Å². The highest BCUT2D eigenvalue weighted by Crippen LogP contribution is 2.13. The van der Waals surface area contributed by atoms with Crippen LogP contribution in [0.1, 0.15) is 13.3 Å². The van der Waals surface area contributed by atoms with Crippen LogP contribution in [0.25, 0.3) is 0 Å². The lowest BCUT2D eigenvalue weighted by Crippen LogP contribution is -2.43. The average Bonchev–Trinajstić information content (AvgIpc) is 1.97. The van der Waals surface area contributed by atoms with E-state index in [1.54, 1.807) is 0 Å². The molecule has 1 amide bonds. The summed E-state index contributed by atoms with van der Waals surface area (Å²) in [6.07, 6.45) is 1.14. The zero-order chi connectivity index (χ0) is 8.97. The Balaban J connectivity index is 2.09. The molecule has 0 saturated carbocycles. The molecule has 0 aromatic rings. The molecule has 1 N–H and O–H groups in total. The van der Waals surface area contributed by atoms with Gasteiger partial charge in [-0.3, -0.25) is 4.79 Å². The third kappa shape index (κ3) is 2.68. The lowest BCUT2D eigenvalue weighted by molar-refractivity contribution is -0.131. The maximum Gasteiger partial charge on any atom is 0.232 e. The third-order valence-corrected chi connectivity index (χ3v) is 3.09. The van der Waals surface area contributed by atoms with E-state index in [-0.39, 0.29) is 17.8 Å². The molecule has 1 aliphatic rings. The van der Waals surface area contributed by atoms with E-state index in [1.807, 2.05) is 11.8 Å². The first-order valence-electron chi connectivity index (χ1n) is 4.24. The van der Waals surface area contributed by atoms with Crippen LogP contribution in [0.2, 0.25) is 0 Å². The Kier molecular flexibility index (Phi) is 3.88. The quantitative estimate of drug-likeness (QED) is 0.693. The van der Waals surface area contributed by atoms with E-state index in [0.29, 0.717) is 5.75 Å². The van der Waals surface area contributed by atoms with Gasteiger partial charge >= 0.3 is 0 Å². The highest BCUT2D eigenvalue weighted by molar-refractivity contribution is 8.00. The molecule has 12 heavy (non-hydrogen) atoms. The van der Waals surface area contributed by atoms with E-state index in [2.05, 4.69) is 0 Å². The Hall–Kier alpha value is -0.220. The molecular weight excluding hydrogens is 174 g/mol. The normalized spacial score (nSPS) is 18.7. The minimum absolute atomic E-state index is 0.151. The van der Waals surface area contributed by atoms with Gasteiger partial charge in [0.1, 0.15) is 0 Å². The number of carbonyl (C=O) groups is 1. The van der Waals surface area contributed by atoms with E-state index < -0.39 is 0 Å². The molecule has 1 heterocycles. The van der Waals surface area contributed by atoms with E-state index in [0.717, 1.165) is 19.5 Å². The second-order valence-corrected chi connectivity index (χ2v) is 4.47. The highest BCUT2D eigenvalue weighted by Gasteiger charge is 2.20. The molecule has 1 fully saturated rings. The summed E-state index contributed by atoms with van der Waals surface area (Å²) in [6.45, 7) is 3.92. The molecular formula is C8H15NO2S. The smallest absolute Gasteiger partial charge is 0.232 e. The summed E-state index contributed by atoms with van der Waals surface area (Å²) < 4.78 is 0. The SMILES string of the molecule is CC(CO)SCC(=O)N1CCC1. The minimum Gasteiger partial charge on any atom is -0.395 e. The molecule has 1 saturated heterocycles. The predicted molar refractivity (Wildman–Crippen MR) is 50.2 cm³/mol. The molecule has 3 nitrogen and oxygen atoms in total. The molecule has 1 atom stereocenters. The zero-order valence-corrected chi connectivity index (χ0v) is 8.14. The van der Waals surface area contributed by atoms with Gasteiger partial charge in [0.2, 0.25) is 5.91 Å². The number of amides is 1. The summed E-state index contributed by atoms with van der Waals surface area (Å²) in [5.74, 6) is 0.730. The molecule has 0 aromatic carbocycles. The van der Waals surface area contributed by atoms with Crippen LogP contribution in [0, 0.1) is 0 Å². The van der Waals surface area contributed by atoms with Crippen molar-refractivity contribution in [3.63, 3.8) is 0 Å². The molecule has 1 aliphatic heterocycles. The van der Waals surface area contributed by atoms with Crippen molar-refractivity contribution in [3.05, 3.63) is 0 Å². The number of nitrogens with zero attached hydrogens (tertiary/aromatic N) is 1. The van der Waals surface area contributed by atoms with Gasteiger partial charge in [-0.25, -0.2) is 0 Å². The van der Waals surface area contributed by atoms with E-state index in [4.69, 9.17) is 5.11 Å². The summed E-state index contributed by atoms with van der Waals surface area (Å²) in [4.78, 5) is 13.1. The second-order valence-electron chi connectivity index (χ2n) is 3.04. The van der Waals surface area contributed by atoms with Gasteiger partial charge in [-0.05, 0) is 6.42 Å². The Morgan fingerprint density at radius 1 is 1.67 bits per heavy atom. The average molecular weight is 189 g/mol. The first kappa shape index (κ1) is 9.86. The summed E-state index contributed by atoms with van der Waals surface area (Å²) in [6, 6.07) is 0. The molecule has 0 radical (unpaired) electrons. The standard InChI is InChI=1S/C8H15NO2S/c1-7(5-10)12-6-8(11)9-3-2-4-9/h7,10H,2-6H2,1H3. The van der Waals surface area contributed by atoms with Crippen molar-refractivity contribution < 1.29 is 9.90 Å². The fourth-order valence-electron chi connectivity index (χ4n) is 0.923. The number of carbonyl (C=O) groups excluding carboxylic acids is 1. The summed E-state index contributed by atoms with van der Waals surface area (Å²) in [7, 11) is 0. The van der Waals surface area contributed by atoms with Crippen molar-refractivity contribution in [2.24, 2.45) is 0 Å². The number of thioether (sulfide) groups is 1. The predicted octanol–water partition coefficient (Wildman–Crippen LogP) is 0.333. The van der Waals surface area contributed by atoms with Gasteiger partial charge in [0.25, 0.3) is 0 Å². The van der Waals surface area contributed by atoms with Crippen LogP contribution in [0.3, 0.4) is 0 Å². The molecule has 0 aliphatic carbocycles. The van der Waals surface area contributed by atoms with Gasteiger partial charge in [-0.2, -0.15) is 0 Å². The first-order valence-corrected chi connectivity index (χ1v) is 5.29. The maximum absolute atomic E-state index is 11.3.